The van der Waals surface area contributed by atoms with Gasteiger partial charge in [0.05, 0.1) is 5.56 Å². The molecule has 1 atom stereocenters. The first kappa shape index (κ1) is 31.5. The summed E-state index contributed by atoms with van der Waals surface area (Å²) in [5.41, 5.74) is 10.7. The van der Waals surface area contributed by atoms with Crippen molar-refractivity contribution in [2.24, 2.45) is 7.05 Å². The Morgan fingerprint density at radius 3 is 2.38 bits per heavy atom. The molecule has 244 valence electrons. The van der Waals surface area contributed by atoms with E-state index in [2.05, 4.69) is 47.1 Å². The van der Waals surface area contributed by atoms with Gasteiger partial charge < -0.3 is 24.4 Å². The second-order valence-corrected chi connectivity index (χ2v) is 13.1. The molecule has 0 bridgehead atoms. The van der Waals surface area contributed by atoms with Gasteiger partial charge >= 0.3 is 0 Å². The lowest BCUT2D eigenvalue weighted by molar-refractivity contribution is 0.0658. The minimum absolute atomic E-state index is 0.0267. The Kier molecular flexibility index (Phi) is 8.63. The van der Waals surface area contributed by atoms with Gasteiger partial charge in [-0.1, -0.05) is 54.6 Å². The van der Waals surface area contributed by atoms with E-state index in [-0.39, 0.29) is 17.9 Å². The van der Waals surface area contributed by atoms with Crippen LogP contribution < -0.4 is 15.0 Å². The average molecular weight is 639 g/mol. The molecule has 5 aromatic rings. The highest BCUT2D eigenvalue weighted by molar-refractivity contribution is 6.08. The van der Waals surface area contributed by atoms with Crippen LogP contribution in [-0.2, 0) is 39.6 Å². The standard InChI is InChI=1S/C41H42N4O3/c1-27-20-30-12-8-9-13-32(30)25-45(27)41(47)38-22-33-24-42-19-18-31(33)21-37(38)39-23-36(28(2)43(39)3)40(46)44(4)34-14-16-35(17-15-34)48-26-29-10-6-5-7-11-29/h5-17,21-23,27,42H,18-20,24-26H2,1-4H3/t27-/m1/s1. The molecule has 1 aromatic heterocycles. The first-order chi connectivity index (χ1) is 23.3. The van der Waals surface area contributed by atoms with E-state index in [1.54, 1.807) is 11.9 Å². The topological polar surface area (TPSA) is 66.8 Å². The number of nitrogens with zero attached hydrogens (tertiary/aromatic N) is 3. The van der Waals surface area contributed by atoms with E-state index in [1.165, 1.54) is 16.7 Å². The van der Waals surface area contributed by atoms with Gasteiger partial charge in [0.15, 0.2) is 0 Å². The lowest BCUT2D eigenvalue weighted by Gasteiger charge is -2.35. The highest BCUT2D eigenvalue weighted by Gasteiger charge is 2.31. The molecular formula is C41H42N4O3. The van der Waals surface area contributed by atoms with Crippen LogP contribution in [0.25, 0.3) is 11.3 Å². The third-order valence-electron chi connectivity index (χ3n) is 10.0. The molecule has 0 unspecified atom stereocenters. The highest BCUT2D eigenvalue weighted by atomic mass is 16.5. The van der Waals surface area contributed by atoms with E-state index in [0.29, 0.717) is 24.3 Å². The predicted octanol–water partition coefficient (Wildman–Crippen LogP) is 7.09. The average Bonchev–Trinajstić information content (AvgIpc) is 3.42. The minimum Gasteiger partial charge on any atom is -0.489 e. The van der Waals surface area contributed by atoms with Crippen molar-refractivity contribution in [1.82, 2.24) is 14.8 Å². The molecule has 0 aliphatic carbocycles. The number of amides is 2. The molecular weight excluding hydrogens is 596 g/mol. The molecule has 4 aromatic carbocycles. The van der Waals surface area contributed by atoms with Gasteiger partial charge in [-0.05, 0) is 104 Å². The molecule has 0 saturated heterocycles. The van der Waals surface area contributed by atoms with Crippen LogP contribution in [0.3, 0.4) is 0 Å². The summed E-state index contributed by atoms with van der Waals surface area (Å²) < 4.78 is 8.01. The Labute approximate surface area is 282 Å². The van der Waals surface area contributed by atoms with Crippen LogP contribution in [0.4, 0.5) is 5.69 Å². The van der Waals surface area contributed by atoms with Gasteiger partial charge in [0.2, 0.25) is 0 Å². The van der Waals surface area contributed by atoms with Gasteiger partial charge in [-0.2, -0.15) is 0 Å². The fourth-order valence-corrected chi connectivity index (χ4v) is 7.01. The van der Waals surface area contributed by atoms with Gasteiger partial charge in [-0.3, -0.25) is 9.59 Å². The van der Waals surface area contributed by atoms with Gasteiger partial charge in [0.1, 0.15) is 12.4 Å². The maximum Gasteiger partial charge on any atom is 0.259 e. The van der Waals surface area contributed by atoms with Crippen molar-refractivity contribution in [2.45, 2.75) is 52.4 Å². The number of anilines is 1. The zero-order valence-electron chi connectivity index (χ0n) is 28.1. The van der Waals surface area contributed by atoms with Crippen LogP contribution in [-0.4, -0.2) is 40.9 Å². The molecule has 0 spiro atoms. The zero-order valence-corrected chi connectivity index (χ0v) is 28.1. The van der Waals surface area contributed by atoms with E-state index in [0.717, 1.165) is 65.4 Å². The number of rotatable bonds is 7. The monoisotopic (exact) mass is 638 g/mol. The number of carbonyl (C=O) groups is 2. The van der Waals surface area contributed by atoms with Gasteiger partial charge in [0, 0.05) is 61.4 Å². The molecule has 48 heavy (non-hydrogen) atoms. The Bertz CT molecular complexity index is 1980. The molecule has 2 aliphatic heterocycles. The molecule has 7 nitrogen and oxygen atoms in total. The molecule has 0 saturated carbocycles. The maximum atomic E-state index is 14.5. The van der Waals surface area contributed by atoms with Crippen LogP contribution in [0.1, 0.15) is 61.2 Å². The second kappa shape index (κ2) is 13.2. The van der Waals surface area contributed by atoms with Gasteiger partial charge in [-0.25, -0.2) is 0 Å². The summed E-state index contributed by atoms with van der Waals surface area (Å²) in [6, 6.07) is 32.4. The molecule has 1 N–H and O–H groups in total. The smallest absolute Gasteiger partial charge is 0.259 e. The van der Waals surface area contributed by atoms with Crippen molar-refractivity contribution in [3.05, 3.63) is 142 Å². The summed E-state index contributed by atoms with van der Waals surface area (Å²) in [6.07, 6.45) is 1.73. The van der Waals surface area contributed by atoms with E-state index < -0.39 is 0 Å². The fraction of sp³-hybridized carbons (Fsp3) is 0.268. The van der Waals surface area contributed by atoms with Crippen LogP contribution in [0.5, 0.6) is 5.75 Å². The van der Waals surface area contributed by atoms with Crippen molar-refractivity contribution in [3.8, 4) is 17.0 Å². The first-order valence-electron chi connectivity index (χ1n) is 16.7. The molecule has 2 amide bonds. The largest absolute Gasteiger partial charge is 0.489 e. The molecule has 2 aliphatic rings. The minimum atomic E-state index is -0.108. The van der Waals surface area contributed by atoms with Crippen LogP contribution >= 0.6 is 0 Å². The Morgan fingerprint density at radius 2 is 1.60 bits per heavy atom. The fourth-order valence-electron chi connectivity index (χ4n) is 7.01. The van der Waals surface area contributed by atoms with Crippen molar-refractivity contribution in [3.63, 3.8) is 0 Å². The summed E-state index contributed by atoms with van der Waals surface area (Å²) >= 11 is 0. The molecule has 0 fully saturated rings. The molecule has 3 heterocycles. The Hall–Kier alpha value is -5.14. The van der Waals surface area contributed by atoms with Crippen molar-refractivity contribution in [1.29, 1.82) is 0 Å². The summed E-state index contributed by atoms with van der Waals surface area (Å²) in [6.45, 7) is 6.81. The molecule has 7 rings (SSSR count). The van der Waals surface area contributed by atoms with E-state index in [9.17, 15) is 9.59 Å². The van der Waals surface area contributed by atoms with Gasteiger partial charge in [-0.15, -0.1) is 0 Å². The van der Waals surface area contributed by atoms with E-state index in [1.807, 2.05) is 85.6 Å². The summed E-state index contributed by atoms with van der Waals surface area (Å²) in [5.74, 6) is 0.662. The molecule has 7 heteroatoms. The highest BCUT2D eigenvalue weighted by Crippen LogP contribution is 2.35. The summed E-state index contributed by atoms with van der Waals surface area (Å²) in [5, 5.41) is 3.46. The first-order valence-corrected chi connectivity index (χ1v) is 16.7. The summed E-state index contributed by atoms with van der Waals surface area (Å²) in [4.78, 5) is 32.2. The van der Waals surface area contributed by atoms with Crippen LogP contribution in [0, 0.1) is 6.92 Å². The third-order valence-corrected chi connectivity index (χ3v) is 10.0. The number of aromatic nitrogens is 1. The van der Waals surface area contributed by atoms with Crippen molar-refractivity contribution < 1.29 is 14.3 Å². The lowest BCUT2D eigenvalue weighted by Crippen LogP contribution is -2.43. The number of hydrogen-bond donors (Lipinski definition) is 1. The number of benzene rings is 4. The van der Waals surface area contributed by atoms with Crippen molar-refractivity contribution in [2.75, 3.05) is 18.5 Å². The second-order valence-electron chi connectivity index (χ2n) is 13.1. The lowest BCUT2D eigenvalue weighted by atomic mass is 9.90. The number of hydrogen-bond acceptors (Lipinski definition) is 4. The Balaban J connectivity index is 1.18. The van der Waals surface area contributed by atoms with Crippen LogP contribution in [0.15, 0.2) is 97.1 Å². The van der Waals surface area contributed by atoms with Gasteiger partial charge in [0.25, 0.3) is 11.8 Å². The number of carbonyl (C=O) groups excluding carboxylic acids is 2. The number of nitrogens with one attached hydrogen (secondary N) is 1. The number of ether oxygens (including phenoxy) is 1. The molecule has 0 radical (unpaired) electrons. The SMILES string of the molecule is Cc1c(C(=O)N(C)c2ccc(OCc3ccccc3)cc2)cc(-c2cc3c(cc2C(=O)N2Cc4ccccc4C[C@H]2C)CNCC3)n1C. The van der Waals surface area contributed by atoms with Crippen LogP contribution in [0.2, 0.25) is 0 Å². The normalized spacial score (nSPS) is 15.4. The quantitative estimate of drug-likeness (QED) is 0.207. The summed E-state index contributed by atoms with van der Waals surface area (Å²) in [7, 11) is 3.78. The third kappa shape index (κ3) is 6.02. The van der Waals surface area contributed by atoms with E-state index >= 15 is 0 Å². The van der Waals surface area contributed by atoms with E-state index in [4.69, 9.17) is 4.74 Å². The maximum absolute atomic E-state index is 14.5. The number of fused-ring (bicyclic) bond motifs is 2. The predicted molar refractivity (Wildman–Crippen MR) is 190 cm³/mol. The zero-order chi connectivity index (χ0) is 33.4. The Morgan fingerprint density at radius 1 is 0.875 bits per heavy atom. The van der Waals surface area contributed by atoms with Crippen molar-refractivity contribution >= 4 is 17.5 Å².